The SMILES string of the molecule is CCCCCCCN(CCCC(=O)O)CCC(=O)O. The van der Waals surface area contributed by atoms with Crippen molar-refractivity contribution in [2.75, 3.05) is 19.6 Å². The summed E-state index contributed by atoms with van der Waals surface area (Å²) in [4.78, 5) is 23.1. The molecular weight excluding hydrogens is 246 g/mol. The van der Waals surface area contributed by atoms with Gasteiger partial charge in [-0.05, 0) is 25.9 Å². The Bertz CT molecular complexity index is 256. The predicted octanol–water partition coefficient (Wildman–Crippen LogP) is 2.60. The van der Waals surface area contributed by atoms with Crippen LogP contribution in [-0.4, -0.2) is 46.7 Å². The lowest BCUT2D eigenvalue weighted by Crippen LogP contribution is -2.29. The van der Waals surface area contributed by atoms with E-state index in [9.17, 15) is 9.59 Å². The van der Waals surface area contributed by atoms with Crippen molar-refractivity contribution in [3.8, 4) is 0 Å². The summed E-state index contributed by atoms with van der Waals surface area (Å²) in [6.07, 6.45) is 6.77. The van der Waals surface area contributed by atoms with E-state index < -0.39 is 11.9 Å². The number of carbonyl (C=O) groups is 2. The van der Waals surface area contributed by atoms with Crippen molar-refractivity contribution in [1.29, 1.82) is 0 Å². The zero-order chi connectivity index (χ0) is 14.5. The van der Waals surface area contributed by atoms with Gasteiger partial charge in [0.2, 0.25) is 0 Å². The first kappa shape index (κ1) is 17.9. The molecule has 0 bridgehead atoms. The van der Waals surface area contributed by atoms with Gasteiger partial charge < -0.3 is 15.1 Å². The fraction of sp³-hybridized carbons (Fsp3) is 0.857. The Hall–Kier alpha value is -1.10. The monoisotopic (exact) mass is 273 g/mol. The van der Waals surface area contributed by atoms with Crippen LogP contribution in [0.25, 0.3) is 0 Å². The normalized spacial score (nSPS) is 10.8. The van der Waals surface area contributed by atoms with Crippen molar-refractivity contribution in [3.63, 3.8) is 0 Å². The minimum absolute atomic E-state index is 0.127. The van der Waals surface area contributed by atoms with Crippen molar-refractivity contribution >= 4 is 11.9 Å². The maximum atomic E-state index is 10.6. The topological polar surface area (TPSA) is 77.8 Å². The predicted molar refractivity (Wildman–Crippen MR) is 74.3 cm³/mol. The molecule has 5 nitrogen and oxygen atoms in total. The molecule has 0 fully saturated rings. The van der Waals surface area contributed by atoms with Crippen LogP contribution in [0.1, 0.15) is 58.3 Å². The maximum Gasteiger partial charge on any atom is 0.304 e. The lowest BCUT2D eigenvalue weighted by atomic mass is 10.1. The first-order chi connectivity index (χ1) is 9.06. The average molecular weight is 273 g/mol. The molecule has 0 amide bonds. The molecule has 0 atom stereocenters. The number of carboxylic acids is 2. The fourth-order valence-electron chi connectivity index (χ4n) is 1.98. The molecule has 112 valence electrons. The Morgan fingerprint density at radius 1 is 0.789 bits per heavy atom. The maximum absolute atomic E-state index is 10.6. The van der Waals surface area contributed by atoms with Crippen LogP contribution in [0.2, 0.25) is 0 Å². The highest BCUT2D eigenvalue weighted by atomic mass is 16.4. The minimum atomic E-state index is -0.797. The highest BCUT2D eigenvalue weighted by Crippen LogP contribution is 2.05. The number of nitrogens with zero attached hydrogens (tertiary/aromatic N) is 1. The van der Waals surface area contributed by atoms with Gasteiger partial charge in [0.15, 0.2) is 0 Å². The van der Waals surface area contributed by atoms with Gasteiger partial charge in [0, 0.05) is 13.0 Å². The highest BCUT2D eigenvalue weighted by Gasteiger charge is 2.08. The molecule has 0 radical (unpaired) electrons. The van der Waals surface area contributed by atoms with Gasteiger partial charge in [-0.1, -0.05) is 32.6 Å². The number of carboxylic acid groups (broad SMARTS) is 2. The molecule has 0 aliphatic rings. The van der Waals surface area contributed by atoms with Crippen molar-refractivity contribution in [2.24, 2.45) is 0 Å². The summed E-state index contributed by atoms with van der Waals surface area (Å²) < 4.78 is 0. The number of unbranched alkanes of at least 4 members (excludes halogenated alkanes) is 4. The van der Waals surface area contributed by atoms with Crippen molar-refractivity contribution < 1.29 is 19.8 Å². The lowest BCUT2D eigenvalue weighted by Gasteiger charge is -2.21. The van der Waals surface area contributed by atoms with Crippen LogP contribution in [0.5, 0.6) is 0 Å². The third kappa shape index (κ3) is 13.1. The van der Waals surface area contributed by atoms with E-state index in [-0.39, 0.29) is 12.8 Å². The zero-order valence-corrected chi connectivity index (χ0v) is 11.9. The Labute approximate surface area is 115 Å². The molecule has 0 heterocycles. The van der Waals surface area contributed by atoms with Gasteiger partial charge >= 0.3 is 11.9 Å². The van der Waals surface area contributed by atoms with E-state index in [1.165, 1.54) is 19.3 Å². The summed E-state index contributed by atoms with van der Waals surface area (Å²) in [6, 6.07) is 0. The van der Waals surface area contributed by atoms with Crippen molar-refractivity contribution in [1.82, 2.24) is 4.90 Å². The van der Waals surface area contributed by atoms with Gasteiger partial charge in [-0.2, -0.15) is 0 Å². The van der Waals surface area contributed by atoms with E-state index in [0.29, 0.717) is 19.5 Å². The van der Waals surface area contributed by atoms with Gasteiger partial charge in [-0.25, -0.2) is 0 Å². The smallest absolute Gasteiger partial charge is 0.304 e. The van der Waals surface area contributed by atoms with E-state index in [2.05, 4.69) is 11.8 Å². The third-order valence-corrected chi connectivity index (χ3v) is 3.08. The fourth-order valence-corrected chi connectivity index (χ4v) is 1.98. The van der Waals surface area contributed by atoms with E-state index in [1.54, 1.807) is 0 Å². The first-order valence-electron chi connectivity index (χ1n) is 7.22. The average Bonchev–Trinajstić information content (AvgIpc) is 2.34. The second kappa shape index (κ2) is 12.0. The summed E-state index contributed by atoms with van der Waals surface area (Å²) >= 11 is 0. The van der Waals surface area contributed by atoms with Crippen LogP contribution in [0, 0.1) is 0 Å². The highest BCUT2D eigenvalue weighted by molar-refractivity contribution is 5.67. The Kier molecular flexibility index (Phi) is 11.3. The summed E-state index contributed by atoms with van der Waals surface area (Å²) in [7, 11) is 0. The molecule has 0 saturated heterocycles. The van der Waals surface area contributed by atoms with Gasteiger partial charge in [0.25, 0.3) is 0 Å². The minimum Gasteiger partial charge on any atom is -0.481 e. The molecule has 0 aromatic carbocycles. The second-order valence-corrected chi connectivity index (χ2v) is 4.90. The Balaban J connectivity index is 3.82. The van der Waals surface area contributed by atoms with Gasteiger partial charge in [0.05, 0.1) is 6.42 Å². The quantitative estimate of drug-likeness (QED) is 0.504. The molecule has 0 spiro atoms. The molecule has 19 heavy (non-hydrogen) atoms. The molecule has 0 aliphatic carbocycles. The van der Waals surface area contributed by atoms with Crippen LogP contribution < -0.4 is 0 Å². The van der Waals surface area contributed by atoms with E-state index >= 15 is 0 Å². The van der Waals surface area contributed by atoms with Crippen LogP contribution >= 0.6 is 0 Å². The van der Waals surface area contributed by atoms with Crippen LogP contribution in [0.3, 0.4) is 0 Å². The summed E-state index contributed by atoms with van der Waals surface area (Å²) in [6.45, 7) is 4.23. The molecule has 0 saturated carbocycles. The third-order valence-electron chi connectivity index (χ3n) is 3.08. The Morgan fingerprint density at radius 3 is 1.95 bits per heavy atom. The molecule has 0 rings (SSSR count). The van der Waals surface area contributed by atoms with Gasteiger partial charge in [-0.15, -0.1) is 0 Å². The van der Waals surface area contributed by atoms with Crippen molar-refractivity contribution in [3.05, 3.63) is 0 Å². The van der Waals surface area contributed by atoms with Gasteiger partial charge in [0.1, 0.15) is 0 Å². The van der Waals surface area contributed by atoms with E-state index in [1.807, 2.05) is 0 Å². The van der Waals surface area contributed by atoms with E-state index in [4.69, 9.17) is 10.2 Å². The van der Waals surface area contributed by atoms with Crippen molar-refractivity contribution in [2.45, 2.75) is 58.3 Å². The van der Waals surface area contributed by atoms with E-state index in [0.717, 1.165) is 19.4 Å². The Morgan fingerprint density at radius 2 is 1.37 bits per heavy atom. The molecule has 0 unspecified atom stereocenters. The summed E-state index contributed by atoms with van der Waals surface area (Å²) in [5.74, 6) is -1.59. The standard InChI is InChI=1S/C14H27NO4/c1-2-3-4-5-6-10-15(12-9-14(18)19)11-7-8-13(16)17/h2-12H2,1H3,(H,16,17)(H,18,19). The van der Waals surface area contributed by atoms with Crippen LogP contribution in [0.15, 0.2) is 0 Å². The van der Waals surface area contributed by atoms with Gasteiger partial charge in [-0.3, -0.25) is 9.59 Å². The van der Waals surface area contributed by atoms with Crippen LogP contribution in [-0.2, 0) is 9.59 Å². The molecule has 2 N–H and O–H groups in total. The number of hydrogen-bond acceptors (Lipinski definition) is 3. The van der Waals surface area contributed by atoms with Crippen LogP contribution in [0.4, 0.5) is 0 Å². The molecule has 0 aliphatic heterocycles. The number of aliphatic carboxylic acids is 2. The molecular formula is C14H27NO4. The molecule has 0 aromatic rings. The largest absolute Gasteiger partial charge is 0.481 e. The molecule has 5 heteroatoms. The summed E-state index contributed by atoms with van der Waals surface area (Å²) in [5.41, 5.74) is 0. The second-order valence-electron chi connectivity index (χ2n) is 4.90. The first-order valence-corrected chi connectivity index (χ1v) is 7.22. The summed E-state index contributed by atoms with van der Waals surface area (Å²) in [5, 5.41) is 17.3. The zero-order valence-electron chi connectivity index (χ0n) is 11.9. The number of hydrogen-bond donors (Lipinski definition) is 2. The number of rotatable bonds is 13. The lowest BCUT2D eigenvalue weighted by molar-refractivity contribution is -0.138. The molecule has 0 aromatic heterocycles.